The third kappa shape index (κ3) is 5.87. The Bertz CT molecular complexity index is 1470. The Balaban J connectivity index is 0.000000286. The summed E-state index contributed by atoms with van der Waals surface area (Å²) >= 11 is 0. The zero-order valence-corrected chi connectivity index (χ0v) is 19.7. The maximum atomic E-state index is 12.4. The molecule has 7 N–H and O–H groups in total. The van der Waals surface area contributed by atoms with Crippen LogP contribution in [0.3, 0.4) is 0 Å². The number of benzene rings is 4. The van der Waals surface area contributed by atoms with Gasteiger partial charge in [0.1, 0.15) is 12.1 Å². The first-order chi connectivity index (χ1) is 17.4. The van der Waals surface area contributed by atoms with Crippen LogP contribution in [0.25, 0.3) is 22.4 Å². The summed E-state index contributed by atoms with van der Waals surface area (Å²) in [7, 11) is 1.89. The summed E-state index contributed by atoms with van der Waals surface area (Å²) < 4.78 is 0. The summed E-state index contributed by atoms with van der Waals surface area (Å²) in [6, 6.07) is 27.2. The van der Waals surface area contributed by atoms with Crippen LogP contribution in [0.2, 0.25) is 0 Å². The second-order valence-electron chi connectivity index (χ2n) is 8.01. The van der Waals surface area contributed by atoms with Crippen molar-refractivity contribution >= 4 is 46.0 Å². The number of carbonyl (C=O) groups excluding carboxylic acids is 2. The van der Waals surface area contributed by atoms with Crippen LogP contribution in [-0.2, 0) is 0 Å². The van der Waals surface area contributed by atoms with Crippen LogP contribution in [0.1, 0.15) is 20.7 Å². The van der Waals surface area contributed by atoms with Gasteiger partial charge in [0, 0.05) is 46.5 Å². The fourth-order valence-corrected chi connectivity index (χ4v) is 3.43. The number of hydrogen-bond donors (Lipinski definition) is 5. The number of imidazole rings is 1. The number of aromatic amines is 1. The quantitative estimate of drug-likeness (QED) is 0.174. The molecule has 8 nitrogen and oxygen atoms in total. The van der Waals surface area contributed by atoms with E-state index < -0.39 is 0 Å². The lowest BCUT2D eigenvalue weighted by Crippen LogP contribution is -2.11. The molecule has 0 unspecified atom stereocenters. The summed E-state index contributed by atoms with van der Waals surface area (Å²) in [5.74, 6) is 0.603. The minimum absolute atomic E-state index is 0.184. The number of rotatable bonds is 5. The number of fused-ring (bicyclic) bond motifs is 1. The molecule has 0 aliphatic carbocycles. The molecule has 4 aromatic carbocycles. The molecule has 0 atom stereocenters. The SMILES string of the molecule is CNc1ccc(-c2nc3ccc(NC(=O)c4ccc(N)cc4)cc3[nH]2)cc1.Nc1ccc(C=O)cc1. The average molecular weight is 479 g/mol. The summed E-state index contributed by atoms with van der Waals surface area (Å²) in [4.78, 5) is 30.4. The highest BCUT2D eigenvalue weighted by molar-refractivity contribution is 6.05. The van der Waals surface area contributed by atoms with Crippen LogP contribution >= 0.6 is 0 Å². The predicted molar refractivity (Wildman–Crippen MR) is 146 cm³/mol. The molecule has 5 aromatic rings. The van der Waals surface area contributed by atoms with Gasteiger partial charge in [-0.3, -0.25) is 9.59 Å². The topological polar surface area (TPSA) is 139 Å². The van der Waals surface area contributed by atoms with Gasteiger partial charge in [-0.1, -0.05) is 0 Å². The van der Waals surface area contributed by atoms with Crippen LogP contribution in [0, 0.1) is 0 Å². The Labute approximate surface area is 208 Å². The lowest BCUT2D eigenvalue weighted by atomic mass is 10.2. The largest absolute Gasteiger partial charge is 0.399 e. The highest BCUT2D eigenvalue weighted by Gasteiger charge is 2.09. The summed E-state index contributed by atoms with van der Waals surface area (Å²) in [6.07, 6.45) is 0.791. The number of carbonyl (C=O) groups is 2. The first-order valence-electron chi connectivity index (χ1n) is 11.2. The fraction of sp³-hybridized carbons (Fsp3) is 0.0357. The van der Waals surface area contributed by atoms with Gasteiger partial charge in [-0.15, -0.1) is 0 Å². The number of hydrogen-bond acceptors (Lipinski definition) is 6. The summed E-state index contributed by atoms with van der Waals surface area (Å²) in [5, 5.41) is 5.99. The van der Waals surface area contributed by atoms with Crippen molar-refractivity contribution in [1.82, 2.24) is 9.97 Å². The molecule has 0 saturated heterocycles. The molecule has 8 heteroatoms. The van der Waals surface area contributed by atoms with Gasteiger partial charge in [-0.05, 0) is 91.0 Å². The molecule has 0 spiro atoms. The summed E-state index contributed by atoms with van der Waals surface area (Å²) in [6.45, 7) is 0. The van der Waals surface area contributed by atoms with Crippen molar-refractivity contribution in [2.24, 2.45) is 0 Å². The van der Waals surface area contributed by atoms with Crippen molar-refractivity contribution in [2.75, 3.05) is 29.1 Å². The van der Waals surface area contributed by atoms with Gasteiger partial charge in [0.2, 0.25) is 0 Å². The average Bonchev–Trinajstić information content (AvgIpc) is 3.33. The molecule has 0 aliphatic rings. The predicted octanol–water partition coefficient (Wildman–Crippen LogP) is 5.19. The van der Waals surface area contributed by atoms with Crippen LogP contribution in [0.4, 0.5) is 22.7 Å². The number of nitrogens with two attached hydrogens (primary N) is 2. The highest BCUT2D eigenvalue weighted by Crippen LogP contribution is 2.24. The zero-order valence-electron chi connectivity index (χ0n) is 19.7. The van der Waals surface area contributed by atoms with E-state index in [1.807, 2.05) is 49.5 Å². The van der Waals surface area contributed by atoms with E-state index >= 15 is 0 Å². The van der Waals surface area contributed by atoms with Crippen LogP contribution in [0.15, 0.2) is 91.0 Å². The van der Waals surface area contributed by atoms with Gasteiger partial charge >= 0.3 is 0 Å². The Morgan fingerprint density at radius 1 is 0.833 bits per heavy atom. The molecular weight excluding hydrogens is 452 g/mol. The van der Waals surface area contributed by atoms with E-state index in [0.717, 1.165) is 34.4 Å². The lowest BCUT2D eigenvalue weighted by Gasteiger charge is -2.05. The number of nitrogens with one attached hydrogen (secondary N) is 3. The third-order valence-corrected chi connectivity index (χ3v) is 5.43. The van der Waals surface area contributed by atoms with Gasteiger partial charge in [-0.25, -0.2) is 4.98 Å². The van der Waals surface area contributed by atoms with Crippen LogP contribution in [-0.4, -0.2) is 29.2 Å². The van der Waals surface area contributed by atoms with Crippen molar-refractivity contribution in [3.8, 4) is 11.4 Å². The lowest BCUT2D eigenvalue weighted by molar-refractivity contribution is 0.102. The molecular formula is C28H26N6O2. The van der Waals surface area contributed by atoms with Crippen molar-refractivity contribution < 1.29 is 9.59 Å². The van der Waals surface area contributed by atoms with E-state index in [-0.39, 0.29) is 5.91 Å². The Kier molecular flexibility index (Phi) is 7.26. The van der Waals surface area contributed by atoms with Gasteiger partial charge in [0.25, 0.3) is 5.91 Å². The number of H-pyrrole nitrogens is 1. The van der Waals surface area contributed by atoms with Gasteiger partial charge in [0.15, 0.2) is 0 Å². The molecule has 0 radical (unpaired) electrons. The van der Waals surface area contributed by atoms with E-state index in [1.54, 1.807) is 48.5 Å². The van der Waals surface area contributed by atoms with E-state index in [2.05, 4.69) is 20.6 Å². The molecule has 0 fully saturated rings. The molecule has 1 amide bonds. The van der Waals surface area contributed by atoms with Gasteiger partial charge in [-0.2, -0.15) is 0 Å². The number of nitrogens with zero attached hydrogens (tertiary/aromatic N) is 1. The van der Waals surface area contributed by atoms with Crippen LogP contribution in [0.5, 0.6) is 0 Å². The van der Waals surface area contributed by atoms with Crippen molar-refractivity contribution in [3.63, 3.8) is 0 Å². The molecule has 0 saturated carbocycles. The van der Waals surface area contributed by atoms with E-state index in [4.69, 9.17) is 11.5 Å². The van der Waals surface area contributed by atoms with Gasteiger partial charge in [0.05, 0.1) is 11.0 Å². The minimum atomic E-state index is -0.184. The second kappa shape index (κ2) is 10.9. The highest BCUT2D eigenvalue weighted by atomic mass is 16.1. The minimum Gasteiger partial charge on any atom is -0.399 e. The molecule has 0 aliphatic heterocycles. The first-order valence-corrected chi connectivity index (χ1v) is 11.2. The Hall–Kier alpha value is -5.11. The maximum Gasteiger partial charge on any atom is 0.255 e. The third-order valence-electron chi connectivity index (χ3n) is 5.43. The second-order valence-corrected chi connectivity index (χ2v) is 8.01. The number of aldehydes is 1. The van der Waals surface area contributed by atoms with E-state index in [9.17, 15) is 9.59 Å². The molecule has 180 valence electrons. The molecule has 36 heavy (non-hydrogen) atoms. The van der Waals surface area contributed by atoms with Crippen molar-refractivity contribution in [3.05, 3.63) is 102 Å². The fourth-order valence-electron chi connectivity index (χ4n) is 3.43. The van der Waals surface area contributed by atoms with Crippen LogP contribution < -0.4 is 22.1 Å². The normalized spacial score (nSPS) is 10.2. The molecule has 1 heterocycles. The summed E-state index contributed by atoms with van der Waals surface area (Å²) in [5.41, 5.74) is 18.0. The Morgan fingerprint density at radius 2 is 1.44 bits per heavy atom. The maximum absolute atomic E-state index is 12.4. The monoisotopic (exact) mass is 478 g/mol. The number of amides is 1. The van der Waals surface area contributed by atoms with Crippen molar-refractivity contribution in [1.29, 1.82) is 0 Å². The standard InChI is InChI=1S/C21H19N5O.C7H7NO/c1-23-16-8-4-13(5-9-16)20-25-18-11-10-17(12-19(18)26-20)24-21(27)14-2-6-15(22)7-3-14;8-7-3-1-6(5-9)2-4-7/h2-12,23H,22H2,1H3,(H,24,27)(H,25,26);1-5H,8H2. The number of nitrogen functional groups attached to an aromatic ring is 2. The molecule has 5 rings (SSSR count). The number of anilines is 4. The number of aromatic nitrogens is 2. The van der Waals surface area contributed by atoms with Gasteiger partial charge < -0.3 is 27.1 Å². The molecule has 0 bridgehead atoms. The zero-order chi connectivity index (χ0) is 25.5. The Morgan fingerprint density at radius 3 is 2.06 bits per heavy atom. The first kappa shape index (κ1) is 24.0. The van der Waals surface area contributed by atoms with E-state index in [1.165, 1.54) is 0 Å². The smallest absolute Gasteiger partial charge is 0.255 e. The molecule has 1 aromatic heterocycles. The van der Waals surface area contributed by atoms with Crippen molar-refractivity contribution in [2.45, 2.75) is 0 Å². The van der Waals surface area contributed by atoms with E-state index in [0.29, 0.717) is 28.2 Å².